The van der Waals surface area contributed by atoms with E-state index in [0.29, 0.717) is 23.2 Å². The van der Waals surface area contributed by atoms with Crippen molar-refractivity contribution < 1.29 is 14.7 Å². The van der Waals surface area contributed by atoms with E-state index in [1.54, 1.807) is 18.2 Å². The lowest BCUT2D eigenvalue weighted by atomic mass is 10.0. The summed E-state index contributed by atoms with van der Waals surface area (Å²) in [5.74, 6) is -0.315. The van der Waals surface area contributed by atoms with E-state index >= 15 is 0 Å². The summed E-state index contributed by atoms with van der Waals surface area (Å²) >= 11 is 0. The molecule has 1 heterocycles. The standard InChI is InChI=1S/C19H26N2O3/c1-2-11-21-18(23)15-10-9-13(12-16(15)19(21)24)17(22)20-14-7-5-3-4-6-8-14/h9-10,12,14,18,23H,2-8,11H2,1H3,(H,20,22)/t18-/m0/s1. The molecule has 0 bridgehead atoms. The molecule has 5 heteroatoms. The van der Waals surface area contributed by atoms with Crippen LogP contribution in [0.4, 0.5) is 0 Å². The summed E-state index contributed by atoms with van der Waals surface area (Å²) in [5.41, 5.74) is 1.54. The lowest BCUT2D eigenvalue weighted by molar-refractivity contribution is 0.0177. The van der Waals surface area contributed by atoms with Crippen LogP contribution < -0.4 is 5.32 Å². The van der Waals surface area contributed by atoms with Crippen LogP contribution in [0.15, 0.2) is 18.2 Å². The Morgan fingerprint density at radius 1 is 1.25 bits per heavy atom. The van der Waals surface area contributed by atoms with Gasteiger partial charge in [-0.1, -0.05) is 38.7 Å². The number of nitrogens with one attached hydrogen (secondary N) is 1. The highest BCUT2D eigenvalue weighted by atomic mass is 16.3. The summed E-state index contributed by atoms with van der Waals surface area (Å²) in [6, 6.07) is 5.26. The van der Waals surface area contributed by atoms with Gasteiger partial charge in [-0.3, -0.25) is 9.59 Å². The van der Waals surface area contributed by atoms with Crippen LogP contribution in [0.2, 0.25) is 0 Å². The second kappa shape index (κ2) is 7.34. The second-order valence-corrected chi connectivity index (χ2v) is 6.84. The Labute approximate surface area is 143 Å². The van der Waals surface area contributed by atoms with Gasteiger partial charge in [0.25, 0.3) is 11.8 Å². The molecule has 1 fully saturated rings. The fourth-order valence-electron chi connectivity index (χ4n) is 3.70. The van der Waals surface area contributed by atoms with E-state index in [-0.39, 0.29) is 17.9 Å². The van der Waals surface area contributed by atoms with Crippen molar-refractivity contribution in [2.24, 2.45) is 0 Å². The highest BCUT2D eigenvalue weighted by Gasteiger charge is 2.35. The quantitative estimate of drug-likeness (QED) is 0.834. The Morgan fingerprint density at radius 3 is 2.62 bits per heavy atom. The largest absolute Gasteiger partial charge is 0.369 e. The van der Waals surface area contributed by atoms with Crippen molar-refractivity contribution in [3.63, 3.8) is 0 Å². The molecule has 2 aliphatic rings. The topological polar surface area (TPSA) is 69.6 Å². The fourth-order valence-corrected chi connectivity index (χ4v) is 3.70. The van der Waals surface area contributed by atoms with E-state index in [4.69, 9.17) is 0 Å². The zero-order chi connectivity index (χ0) is 17.1. The summed E-state index contributed by atoms with van der Waals surface area (Å²) in [4.78, 5) is 26.4. The van der Waals surface area contributed by atoms with Gasteiger partial charge in [-0.2, -0.15) is 0 Å². The summed E-state index contributed by atoms with van der Waals surface area (Å²) in [5, 5.41) is 13.4. The van der Waals surface area contributed by atoms with Gasteiger partial charge in [0.2, 0.25) is 0 Å². The number of aliphatic hydroxyl groups is 1. The average molecular weight is 330 g/mol. The lowest BCUT2D eigenvalue weighted by Gasteiger charge is -2.19. The number of fused-ring (bicyclic) bond motifs is 1. The molecule has 0 aromatic heterocycles. The molecule has 1 aliphatic heterocycles. The molecule has 2 N–H and O–H groups in total. The molecule has 1 aliphatic carbocycles. The molecular formula is C19H26N2O3. The Bertz CT molecular complexity index is 621. The number of nitrogens with zero attached hydrogens (tertiary/aromatic N) is 1. The van der Waals surface area contributed by atoms with Crippen molar-refractivity contribution in [3.05, 3.63) is 34.9 Å². The number of hydrogen-bond donors (Lipinski definition) is 2. The van der Waals surface area contributed by atoms with Gasteiger partial charge in [0, 0.05) is 29.3 Å². The SMILES string of the molecule is CCCN1C(=O)c2cc(C(=O)NC3CCCCCC3)ccc2[C@@H]1O. The first-order valence-electron chi connectivity index (χ1n) is 9.05. The minimum atomic E-state index is -0.897. The molecule has 130 valence electrons. The van der Waals surface area contributed by atoms with Crippen LogP contribution in [0.3, 0.4) is 0 Å². The summed E-state index contributed by atoms with van der Waals surface area (Å²) in [6.07, 6.45) is 6.74. The molecule has 1 saturated carbocycles. The zero-order valence-corrected chi connectivity index (χ0v) is 14.3. The number of amides is 2. The molecule has 1 aromatic carbocycles. The number of rotatable bonds is 4. The van der Waals surface area contributed by atoms with Gasteiger partial charge < -0.3 is 15.3 Å². The smallest absolute Gasteiger partial charge is 0.256 e. The van der Waals surface area contributed by atoms with E-state index in [1.807, 2.05) is 6.92 Å². The first-order valence-corrected chi connectivity index (χ1v) is 9.05. The minimum Gasteiger partial charge on any atom is -0.369 e. The van der Waals surface area contributed by atoms with Crippen molar-refractivity contribution in [2.75, 3.05) is 6.54 Å². The number of carbonyl (C=O) groups excluding carboxylic acids is 2. The molecular weight excluding hydrogens is 304 g/mol. The molecule has 0 unspecified atom stereocenters. The zero-order valence-electron chi connectivity index (χ0n) is 14.3. The van der Waals surface area contributed by atoms with E-state index in [1.165, 1.54) is 17.7 Å². The van der Waals surface area contributed by atoms with Gasteiger partial charge in [-0.05, 0) is 31.4 Å². The Kier molecular flexibility index (Phi) is 5.19. The van der Waals surface area contributed by atoms with Crippen LogP contribution in [0.1, 0.15) is 84.4 Å². The van der Waals surface area contributed by atoms with Crippen LogP contribution in [0.25, 0.3) is 0 Å². The van der Waals surface area contributed by atoms with Crippen molar-refractivity contribution in [1.29, 1.82) is 0 Å². The number of carbonyl (C=O) groups is 2. The van der Waals surface area contributed by atoms with Gasteiger partial charge in [0.05, 0.1) is 0 Å². The van der Waals surface area contributed by atoms with E-state index in [0.717, 1.165) is 32.1 Å². The fraction of sp³-hybridized carbons (Fsp3) is 0.579. The highest BCUT2D eigenvalue weighted by Crippen LogP contribution is 2.32. The third kappa shape index (κ3) is 3.31. The van der Waals surface area contributed by atoms with Gasteiger partial charge in [-0.25, -0.2) is 0 Å². The molecule has 24 heavy (non-hydrogen) atoms. The van der Waals surface area contributed by atoms with E-state index < -0.39 is 6.23 Å². The van der Waals surface area contributed by atoms with Crippen LogP contribution in [0, 0.1) is 0 Å². The predicted octanol–water partition coefficient (Wildman–Crippen LogP) is 3.00. The minimum absolute atomic E-state index is 0.124. The predicted molar refractivity (Wildman–Crippen MR) is 91.7 cm³/mol. The maximum atomic E-state index is 12.5. The normalized spacial score (nSPS) is 21.5. The summed E-state index contributed by atoms with van der Waals surface area (Å²) in [6.45, 7) is 2.48. The third-order valence-corrected chi connectivity index (χ3v) is 5.04. The van der Waals surface area contributed by atoms with Crippen LogP contribution in [-0.2, 0) is 0 Å². The summed E-state index contributed by atoms with van der Waals surface area (Å²) < 4.78 is 0. The first kappa shape index (κ1) is 17.0. The van der Waals surface area contributed by atoms with Gasteiger partial charge in [-0.15, -0.1) is 0 Å². The van der Waals surface area contributed by atoms with Crippen LogP contribution in [0.5, 0.6) is 0 Å². The maximum absolute atomic E-state index is 12.5. The van der Waals surface area contributed by atoms with Gasteiger partial charge >= 0.3 is 0 Å². The molecule has 0 saturated heterocycles. The highest BCUT2D eigenvalue weighted by molar-refractivity contribution is 6.02. The monoisotopic (exact) mass is 330 g/mol. The van der Waals surface area contributed by atoms with Gasteiger partial charge in [0.15, 0.2) is 6.23 Å². The first-order chi connectivity index (χ1) is 11.6. The molecule has 3 rings (SSSR count). The van der Waals surface area contributed by atoms with Gasteiger partial charge in [0.1, 0.15) is 0 Å². The molecule has 1 atom stereocenters. The Hall–Kier alpha value is -1.88. The number of benzene rings is 1. The second-order valence-electron chi connectivity index (χ2n) is 6.84. The Balaban J connectivity index is 1.74. The Morgan fingerprint density at radius 2 is 1.96 bits per heavy atom. The van der Waals surface area contributed by atoms with Crippen molar-refractivity contribution in [3.8, 4) is 0 Å². The molecule has 0 radical (unpaired) electrons. The molecule has 1 aromatic rings. The summed E-state index contributed by atoms with van der Waals surface area (Å²) in [7, 11) is 0. The van der Waals surface area contributed by atoms with E-state index in [9.17, 15) is 14.7 Å². The number of hydrogen-bond acceptors (Lipinski definition) is 3. The molecule has 0 spiro atoms. The van der Waals surface area contributed by atoms with E-state index in [2.05, 4.69) is 5.32 Å². The van der Waals surface area contributed by atoms with Crippen LogP contribution >= 0.6 is 0 Å². The van der Waals surface area contributed by atoms with Crippen molar-refractivity contribution in [1.82, 2.24) is 10.2 Å². The molecule has 5 nitrogen and oxygen atoms in total. The number of aliphatic hydroxyl groups excluding tert-OH is 1. The lowest BCUT2D eigenvalue weighted by Crippen LogP contribution is -2.34. The third-order valence-electron chi connectivity index (χ3n) is 5.04. The van der Waals surface area contributed by atoms with Crippen LogP contribution in [-0.4, -0.2) is 34.4 Å². The van der Waals surface area contributed by atoms with Crippen molar-refractivity contribution in [2.45, 2.75) is 64.1 Å². The van der Waals surface area contributed by atoms with Crippen molar-refractivity contribution >= 4 is 11.8 Å². The average Bonchev–Trinajstić information content (AvgIpc) is 2.78. The molecule has 2 amide bonds. The maximum Gasteiger partial charge on any atom is 0.256 e.